The van der Waals surface area contributed by atoms with Crippen LogP contribution in [0.15, 0.2) is 42.5 Å². The number of rotatable bonds is 3. The summed E-state index contributed by atoms with van der Waals surface area (Å²) in [4.78, 5) is 15.8. The van der Waals surface area contributed by atoms with E-state index in [9.17, 15) is 0 Å². The zero-order valence-corrected chi connectivity index (χ0v) is 12.0. The van der Waals surface area contributed by atoms with Gasteiger partial charge in [0, 0.05) is 6.42 Å². The number of hydrogen-bond acceptors (Lipinski definition) is 2. The van der Waals surface area contributed by atoms with Crippen LogP contribution in [0.3, 0.4) is 0 Å². The Labute approximate surface area is 126 Å². The quantitative estimate of drug-likeness (QED) is 0.565. The molecule has 5 heteroatoms. The molecule has 2 heterocycles. The van der Waals surface area contributed by atoms with Gasteiger partial charge in [-0.15, -0.1) is 11.6 Å². The van der Waals surface area contributed by atoms with Gasteiger partial charge in [0.15, 0.2) is 0 Å². The lowest BCUT2D eigenvalue weighted by atomic mass is 10.1. The Morgan fingerprint density at radius 1 is 0.857 bits per heavy atom. The molecule has 0 aliphatic heterocycles. The van der Waals surface area contributed by atoms with Gasteiger partial charge in [-0.3, -0.25) is 0 Å². The molecule has 2 aromatic heterocycles. The predicted octanol–water partition coefficient (Wildman–Crippen LogP) is 3.77. The van der Waals surface area contributed by atoms with Gasteiger partial charge in [-0.05, 0) is 23.8 Å². The third kappa shape index (κ3) is 2.17. The Morgan fingerprint density at radius 2 is 1.67 bits per heavy atom. The molecule has 104 valence electrons. The highest BCUT2D eigenvalue weighted by molar-refractivity contribution is 6.16. The zero-order valence-electron chi connectivity index (χ0n) is 11.2. The first-order valence-corrected chi connectivity index (χ1v) is 7.33. The maximum Gasteiger partial charge on any atom is 0.122 e. The first kappa shape index (κ1) is 12.4. The van der Waals surface area contributed by atoms with Crippen molar-refractivity contribution >= 4 is 33.7 Å². The number of imidazole rings is 2. The van der Waals surface area contributed by atoms with Gasteiger partial charge in [0.1, 0.15) is 11.6 Å². The molecular formula is C16H13ClN4. The summed E-state index contributed by atoms with van der Waals surface area (Å²) >= 11 is 5.85. The molecular weight excluding hydrogens is 284 g/mol. The van der Waals surface area contributed by atoms with Crippen LogP contribution in [-0.2, 0) is 12.3 Å². The van der Waals surface area contributed by atoms with Gasteiger partial charge in [-0.2, -0.15) is 0 Å². The summed E-state index contributed by atoms with van der Waals surface area (Å²) in [6.45, 7) is 0. The number of benzene rings is 2. The Bertz CT molecular complexity index is 889. The predicted molar refractivity (Wildman–Crippen MR) is 84.6 cm³/mol. The van der Waals surface area contributed by atoms with Crippen LogP contribution >= 0.6 is 11.6 Å². The summed E-state index contributed by atoms with van der Waals surface area (Å²) in [5, 5.41) is 0. The van der Waals surface area contributed by atoms with E-state index in [0.29, 0.717) is 5.88 Å². The van der Waals surface area contributed by atoms with Gasteiger partial charge < -0.3 is 9.97 Å². The highest BCUT2D eigenvalue weighted by atomic mass is 35.5. The topological polar surface area (TPSA) is 57.4 Å². The number of para-hydroxylation sites is 3. The molecule has 2 aromatic carbocycles. The third-order valence-electron chi connectivity index (χ3n) is 3.57. The number of nitrogens with one attached hydrogen (secondary N) is 2. The fourth-order valence-electron chi connectivity index (χ4n) is 2.62. The highest BCUT2D eigenvalue weighted by Gasteiger charge is 2.09. The van der Waals surface area contributed by atoms with Crippen molar-refractivity contribution in [2.75, 3.05) is 0 Å². The molecule has 0 saturated carbocycles. The second kappa shape index (κ2) is 4.90. The summed E-state index contributed by atoms with van der Waals surface area (Å²) in [5.74, 6) is 2.13. The summed E-state index contributed by atoms with van der Waals surface area (Å²) in [6.07, 6.45) is 0.721. The van der Waals surface area contributed by atoms with Crippen LogP contribution in [0.1, 0.15) is 17.2 Å². The monoisotopic (exact) mass is 296 g/mol. The van der Waals surface area contributed by atoms with E-state index in [4.69, 9.17) is 11.6 Å². The van der Waals surface area contributed by atoms with Gasteiger partial charge in [-0.25, -0.2) is 9.97 Å². The fraction of sp³-hybridized carbons (Fsp3) is 0.125. The minimum absolute atomic E-state index is 0.388. The Balaban J connectivity index is 1.77. The van der Waals surface area contributed by atoms with Gasteiger partial charge in [0.25, 0.3) is 0 Å². The average Bonchev–Trinajstić information content (AvgIpc) is 3.10. The van der Waals surface area contributed by atoms with Gasteiger partial charge in [0.2, 0.25) is 0 Å². The van der Waals surface area contributed by atoms with E-state index >= 15 is 0 Å². The lowest BCUT2D eigenvalue weighted by molar-refractivity contribution is 1.04. The van der Waals surface area contributed by atoms with Crippen molar-refractivity contribution in [1.82, 2.24) is 19.9 Å². The number of halogens is 1. The molecule has 21 heavy (non-hydrogen) atoms. The number of aromatic nitrogens is 4. The maximum absolute atomic E-state index is 5.85. The van der Waals surface area contributed by atoms with E-state index in [-0.39, 0.29) is 0 Å². The number of nitrogens with zero attached hydrogens (tertiary/aromatic N) is 2. The van der Waals surface area contributed by atoms with Gasteiger partial charge in [-0.1, -0.05) is 24.3 Å². The summed E-state index contributed by atoms with van der Waals surface area (Å²) in [6, 6.07) is 14.2. The molecule has 0 unspecified atom stereocenters. The number of hydrogen-bond donors (Lipinski definition) is 2. The Morgan fingerprint density at radius 3 is 2.52 bits per heavy atom. The second-order valence-corrected chi connectivity index (χ2v) is 5.28. The van der Waals surface area contributed by atoms with Crippen LogP contribution in [0.2, 0.25) is 0 Å². The summed E-state index contributed by atoms with van der Waals surface area (Å²) < 4.78 is 0. The first-order chi connectivity index (χ1) is 10.3. The van der Waals surface area contributed by atoms with Crippen LogP contribution in [0, 0.1) is 0 Å². The van der Waals surface area contributed by atoms with E-state index in [1.54, 1.807) is 0 Å². The first-order valence-electron chi connectivity index (χ1n) is 6.79. The highest BCUT2D eigenvalue weighted by Crippen LogP contribution is 2.20. The molecule has 0 amide bonds. The van der Waals surface area contributed by atoms with Gasteiger partial charge in [0.05, 0.1) is 27.9 Å². The minimum Gasteiger partial charge on any atom is -0.342 e. The van der Waals surface area contributed by atoms with Crippen molar-refractivity contribution in [3.8, 4) is 0 Å². The van der Waals surface area contributed by atoms with E-state index in [2.05, 4.69) is 26.0 Å². The second-order valence-electron chi connectivity index (χ2n) is 5.01. The SMILES string of the molecule is ClCc1nc2c(Cc3nc4ccccc4[nH]3)cccc2[nH]1. The molecule has 0 bridgehead atoms. The molecule has 0 atom stereocenters. The van der Waals surface area contributed by atoms with Gasteiger partial charge >= 0.3 is 0 Å². The van der Waals surface area contributed by atoms with Crippen LogP contribution in [-0.4, -0.2) is 19.9 Å². The normalized spacial score (nSPS) is 11.5. The van der Waals surface area contributed by atoms with E-state index < -0.39 is 0 Å². The van der Waals surface area contributed by atoms with Crippen molar-refractivity contribution in [1.29, 1.82) is 0 Å². The van der Waals surface area contributed by atoms with Crippen molar-refractivity contribution in [3.05, 3.63) is 59.7 Å². The molecule has 4 aromatic rings. The lowest BCUT2D eigenvalue weighted by Gasteiger charge is -1.99. The van der Waals surface area contributed by atoms with Crippen LogP contribution in [0.25, 0.3) is 22.1 Å². The Hall–Kier alpha value is -2.33. The number of H-pyrrole nitrogens is 2. The maximum atomic E-state index is 5.85. The molecule has 0 aliphatic rings. The van der Waals surface area contributed by atoms with Crippen molar-refractivity contribution in [3.63, 3.8) is 0 Å². The lowest BCUT2D eigenvalue weighted by Crippen LogP contribution is -1.92. The van der Waals surface area contributed by atoms with Crippen molar-refractivity contribution in [2.45, 2.75) is 12.3 Å². The zero-order chi connectivity index (χ0) is 14.2. The molecule has 2 N–H and O–H groups in total. The largest absolute Gasteiger partial charge is 0.342 e. The minimum atomic E-state index is 0.388. The number of aromatic amines is 2. The molecule has 0 fully saturated rings. The fourth-order valence-corrected chi connectivity index (χ4v) is 2.74. The summed E-state index contributed by atoms with van der Waals surface area (Å²) in [7, 11) is 0. The number of fused-ring (bicyclic) bond motifs is 2. The third-order valence-corrected chi connectivity index (χ3v) is 3.82. The molecule has 4 rings (SSSR count). The van der Waals surface area contributed by atoms with Crippen molar-refractivity contribution < 1.29 is 0 Å². The standard InChI is InChI=1S/C16H13ClN4/c17-9-15-20-13-7-3-4-10(16(13)21-15)8-14-18-11-5-1-2-6-12(11)19-14/h1-7H,8-9H2,(H,18,19)(H,20,21). The Kier molecular flexibility index (Phi) is 2.89. The molecule has 4 nitrogen and oxygen atoms in total. The molecule has 0 spiro atoms. The average molecular weight is 297 g/mol. The summed E-state index contributed by atoms with van der Waals surface area (Å²) in [5.41, 5.74) is 5.17. The van der Waals surface area contributed by atoms with Crippen LogP contribution in [0.4, 0.5) is 0 Å². The van der Waals surface area contributed by atoms with E-state index in [1.165, 1.54) is 0 Å². The van der Waals surface area contributed by atoms with Crippen molar-refractivity contribution in [2.24, 2.45) is 0 Å². The number of alkyl halides is 1. The van der Waals surface area contributed by atoms with E-state index in [1.807, 2.05) is 36.4 Å². The molecule has 0 saturated heterocycles. The molecule has 0 aliphatic carbocycles. The smallest absolute Gasteiger partial charge is 0.122 e. The molecule has 0 radical (unpaired) electrons. The van der Waals surface area contributed by atoms with Crippen LogP contribution in [0.5, 0.6) is 0 Å². The van der Waals surface area contributed by atoms with E-state index in [0.717, 1.165) is 45.7 Å². The van der Waals surface area contributed by atoms with Crippen LogP contribution < -0.4 is 0 Å².